The van der Waals surface area contributed by atoms with Gasteiger partial charge in [-0.3, -0.25) is 0 Å². The van der Waals surface area contributed by atoms with E-state index < -0.39 is 0 Å². The van der Waals surface area contributed by atoms with Crippen LogP contribution in [0.1, 0.15) is 15.8 Å². The van der Waals surface area contributed by atoms with Gasteiger partial charge in [0, 0.05) is 0 Å². The summed E-state index contributed by atoms with van der Waals surface area (Å²) >= 11 is 0.631. The van der Waals surface area contributed by atoms with Crippen molar-refractivity contribution < 1.29 is 0 Å². The Morgan fingerprint density at radius 2 is 2.22 bits per heavy atom. The Bertz CT molecular complexity index is 208. The third-order valence-corrected chi connectivity index (χ3v) is 3.12. The van der Waals surface area contributed by atoms with Gasteiger partial charge in [0.25, 0.3) is 0 Å². The van der Waals surface area contributed by atoms with Gasteiger partial charge in [-0.25, -0.2) is 0 Å². The third-order valence-electron chi connectivity index (χ3n) is 1.09. The quantitative estimate of drug-likeness (QED) is 0.587. The first kappa shape index (κ1) is 6.85. The fraction of sp³-hybridized carbons (Fsp3) is 0.250. The van der Waals surface area contributed by atoms with Crippen LogP contribution in [-0.2, 0) is 0 Å². The molecule has 0 atom stereocenters. The summed E-state index contributed by atoms with van der Waals surface area (Å²) in [5.41, 5.74) is 0. The van der Waals surface area contributed by atoms with E-state index in [1.165, 1.54) is 8.87 Å². The van der Waals surface area contributed by atoms with Crippen LogP contribution in [0.25, 0.3) is 6.08 Å². The molecule has 0 fully saturated rings. The Morgan fingerprint density at radius 3 is 2.67 bits per heavy atom. The van der Waals surface area contributed by atoms with Gasteiger partial charge >= 0.3 is 61.5 Å². The summed E-state index contributed by atoms with van der Waals surface area (Å²) in [4.78, 5) is 0. The fourth-order valence-corrected chi connectivity index (χ4v) is 2.49. The third kappa shape index (κ3) is 1.85. The molecule has 0 aliphatic heterocycles. The fourth-order valence-electron chi connectivity index (χ4n) is 0.707. The van der Waals surface area contributed by atoms with E-state index in [-0.39, 0.29) is 0 Å². The standard InChI is InChI=1S/C8H10Se/c1-3-4-8-6-5-7(2)9-8/h3-6H,1-2H3/b4-3+. The zero-order valence-corrected chi connectivity index (χ0v) is 7.43. The number of aryl methyl sites for hydroxylation is 1. The summed E-state index contributed by atoms with van der Waals surface area (Å²) in [7, 11) is 0. The van der Waals surface area contributed by atoms with Crippen molar-refractivity contribution in [2.75, 3.05) is 0 Å². The summed E-state index contributed by atoms with van der Waals surface area (Å²) in [6.45, 7) is 4.25. The first-order chi connectivity index (χ1) is 4.33. The van der Waals surface area contributed by atoms with Crippen LogP contribution in [0.3, 0.4) is 0 Å². The molecule has 9 heavy (non-hydrogen) atoms. The van der Waals surface area contributed by atoms with Gasteiger partial charge in [-0.15, -0.1) is 0 Å². The van der Waals surface area contributed by atoms with Gasteiger partial charge in [0.1, 0.15) is 0 Å². The van der Waals surface area contributed by atoms with Crippen molar-refractivity contribution in [3.8, 4) is 0 Å². The normalized spacial score (nSPS) is 10.9. The van der Waals surface area contributed by atoms with E-state index in [4.69, 9.17) is 0 Å². The predicted molar refractivity (Wildman–Crippen MR) is 42.8 cm³/mol. The van der Waals surface area contributed by atoms with Gasteiger partial charge in [-0.05, 0) is 0 Å². The molecular formula is C8H10Se. The molecule has 0 aliphatic carbocycles. The van der Waals surface area contributed by atoms with Crippen molar-refractivity contribution in [1.82, 2.24) is 0 Å². The number of rotatable bonds is 1. The maximum absolute atomic E-state index is 2.20. The second-order valence-electron chi connectivity index (χ2n) is 1.95. The first-order valence-corrected chi connectivity index (χ1v) is 4.73. The van der Waals surface area contributed by atoms with E-state index in [9.17, 15) is 0 Å². The minimum absolute atomic E-state index is 0.631. The monoisotopic (exact) mass is 186 g/mol. The molecule has 0 nitrogen and oxygen atoms in total. The van der Waals surface area contributed by atoms with Gasteiger partial charge in [0.15, 0.2) is 0 Å². The zero-order chi connectivity index (χ0) is 6.69. The number of hydrogen-bond acceptors (Lipinski definition) is 0. The second-order valence-corrected chi connectivity index (χ2v) is 4.72. The molecule has 0 amide bonds. The Balaban J connectivity index is 2.85. The molecule has 1 aromatic rings. The molecule has 1 aromatic heterocycles. The zero-order valence-electron chi connectivity index (χ0n) is 5.72. The molecule has 0 spiro atoms. The van der Waals surface area contributed by atoms with Gasteiger partial charge in [-0.1, -0.05) is 0 Å². The Hall–Kier alpha value is -0.261. The van der Waals surface area contributed by atoms with Crippen LogP contribution >= 0.6 is 0 Å². The summed E-state index contributed by atoms with van der Waals surface area (Å²) in [5, 5.41) is 0. The van der Waals surface area contributed by atoms with E-state index in [1.807, 2.05) is 0 Å². The predicted octanol–water partition coefficient (Wildman–Crippen LogP) is 2.09. The van der Waals surface area contributed by atoms with Crippen molar-refractivity contribution >= 4 is 20.6 Å². The molecule has 0 unspecified atom stereocenters. The van der Waals surface area contributed by atoms with Gasteiger partial charge in [-0.2, -0.15) is 0 Å². The Labute approximate surface area is 62.0 Å². The molecule has 1 rings (SSSR count). The molecule has 0 radical (unpaired) electrons. The maximum atomic E-state index is 2.20. The Kier molecular flexibility index (Phi) is 2.32. The minimum atomic E-state index is 0.631. The van der Waals surface area contributed by atoms with Crippen LogP contribution in [0.5, 0.6) is 0 Å². The molecule has 0 aromatic carbocycles. The van der Waals surface area contributed by atoms with Crippen LogP contribution in [0.4, 0.5) is 0 Å². The van der Waals surface area contributed by atoms with Crippen LogP contribution in [0.15, 0.2) is 18.2 Å². The number of hydrogen-bond donors (Lipinski definition) is 0. The molecule has 0 saturated heterocycles. The molecule has 1 heteroatoms. The average Bonchev–Trinajstić information content (AvgIpc) is 2.17. The molecule has 0 aliphatic rings. The summed E-state index contributed by atoms with van der Waals surface area (Å²) in [6, 6.07) is 4.41. The van der Waals surface area contributed by atoms with Crippen molar-refractivity contribution in [2.24, 2.45) is 0 Å². The topological polar surface area (TPSA) is 0 Å². The van der Waals surface area contributed by atoms with E-state index in [0.717, 1.165) is 0 Å². The van der Waals surface area contributed by atoms with Crippen molar-refractivity contribution in [2.45, 2.75) is 13.8 Å². The van der Waals surface area contributed by atoms with E-state index >= 15 is 0 Å². The summed E-state index contributed by atoms with van der Waals surface area (Å²) in [6.07, 6.45) is 4.28. The SMILES string of the molecule is C/C=C/c1ccc(C)[se]1. The molecule has 0 saturated carbocycles. The van der Waals surface area contributed by atoms with Crippen LogP contribution in [0, 0.1) is 6.92 Å². The van der Waals surface area contributed by atoms with Crippen molar-refractivity contribution in [3.05, 3.63) is 27.1 Å². The van der Waals surface area contributed by atoms with Gasteiger partial charge in [0.05, 0.1) is 0 Å². The molecule has 48 valence electrons. The number of allylic oxidation sites excluding steroid dienone is 1. The molecule has 0 bridgehead atoms. The van der Waals surface area contributed by atoms with E-state index in [2.05, 4.69) is 38.1 Å². The van der Waals surface area contributed by atoms with E-state index in [1.54, 1.807) is 0 Å². The molecule has 1 heterocycles. The van der Waals surface area contributed by atoms with Gasteiger partial charge < -0.3 is 0 Å². The van der Waals surface area contributed by atoms with Gasteiger partial charge in [0.2, 0.25) is 0 Å². The Morgan fingerprint density at radius 1 is 1.44 bits per heavy atom. The second kappa shape index (κ2) is 3.05. The van der Waals surface area contributed by atoms with Crippen LogP contribution < -0.4 is 0 Å². The summed E-state index contributed by atoms with van der Waals surface area (Å²) < 4.78 is 3.01. The first-order valence-electron chi connectivity index (χ1n) is 3.02. The molecular weight excluding hydrogens is 175 g/mol. The van der Waals surface area contributed by atoms with Crippen molar-refractivity contribution in [1.29, 1.82) is 0 Å². The molecule has 0 N–H and O–H groups in total. The van der Waals surface area contributed by atoms with E-state index in [0.29, 0.717) is 14.5 Å². The van der Waals surface area contributed by atoms with Crippen LogP contribution in [-0.4, -0.2) is 14.5 Å². The van der Waals surface area contributed by atoms with Crippen molar-refractivity contribution in [3.63, 3.8) is 0 Å². The average molecular weight is 185 g/mol. The van der Waals surface area contributed by atoms with Crippen LogP contribution in [0.2, 0.25) is 0 Å². The summed E-state index contributed by atoms with van der Waals surface area (Å²) in [5.74, 6) is 0.